The van der Waals surface area contributed by atoms with Crippen LogP contribution in [0, 0.1) is 11.3 Å². The summed E-state index contributed by atoms with van der Waals surface area (Å²) in [6, 6.07) is 0. The minimum Gasteiger partial charge on any atom is -0.299 e. The van der Waals surface area contributed by atoms with Crippen LogP contribution in [0.1, 0.15) is 47.5 Å². The molecular formula is C11H20O2. The van der Waals surface area contributed by atoms with Crippen LogP contribution in [0.3, 0.4) is 0 Å². The maximum Gasteiger partial charge on any atom is 0.143 e. The van der Waals surface area contributed by atoms with Crippen LogP contribution in [-0.4, -0.2) is 11.6 Å². The van der Waals surface area contributed by atoms with Crippen molar-refractivity contribution >= 4 is 11.6 Å². The normalized spacial score (nSPS) is 26.4. The van der Waals surface area contributed by atoms with Crippen molar-refractivity contribution in [2.24, 2.45) is 11.3 Å². The Bertz CT molecular complexity index is 204. The predicted octanol–water partition coefficient (Wildman–Crippen LogP) is 2.61. The Balaban J connectivity index is 0.000000671. The van der Waals surface area contributed by atoms with Gasteiger partial charge in [0.1, 0.15) is 11.6 Å². The maximum absolute atomic E-state index is 11.2. The van der Waals surface area contributed by atoms with Crippen molar-refractivity contribution < 1.29 is 9.59 Å². The highest BCUT2D eigenvalue weighted by Crippen LogP contribution is 2.36. The topological polar surface area (TPSA) is 34.1 Å². The first-order valence-corrected chi connectivity index (χ1v) is 4.98. The highest BCUT2D eigenvalue weighted by atomic mass is 16.1. The van der Waals surface area contributed by atoms with Gasteiger partial charge in [-0.25, -0.2) is 0 Å². The fourth-order valence-electron chi connectivity index (χ4n) is 1.51. The molecule has 0 saturated heterocycles. The zero-order chi connectivity index (χ0) is 10.6. The lowest BCUT2D eigenvalue weighted by Gasteiger charge is -2.33. The van der Waals surface area contributed by atoms with Gasteiger partial charge >= 0.3 is 0 Å². The van der Waals surface area contributed by atoms with E-state index < -0.39 is 0 Å². The predicted molar refractivity (Wildman–Crippen MR) is 53.5 cm³/mol. The van der Waals surface area contributed by atoms with E-state index in [-0.39, 0.29) is 29.3 Å². The van der Waals surface area contributed by atoms with Crippen molar-refractivity contribution in [3.05, 3.63) is 0 Å². The lowest BCUT2D eigenvalue weighted by atomic mass is 9.69. The van der Waals surface area contributed by atoms with E-state index >= 15 is 0 Å². The zero-order valence-corrected chi connectivity index (χ0v) is 9.31. The van der Waals surface area contributed by atoms with Crippen molar-refractivity contribution in [2.75, 3.05) is 0 Å². The molecule has 2 heteroatoms. The molecule has 0 bridgehead atoms. The van der Waals surface area contributed by atoms with E-state index in [0.717, 1.165) is 0 Å². The number of carbonyl (C=O) groups excluding carboxylic acids is 2. The molecule has 1 atom stereocenters. The molecule has 0 N–H and O–H groups in total. The third kappa shape index (κ3) is 2.94. The summed E-state index contributed by atoms with van der Waals surface area (Å²) in [5.41, 5.74) is -0.119. The molecule has 13 heavy (non-hydrogen) atoms. The monoisotopic (exact) mass is 184 g/mol. The molecular weight excluding hydrogens is 164 g/mol. The van der Waals surface area contributed by atoms with E-state index in [1.54, 1.807) is 0 Å². The second-order valence-electron chi connectivity index (χ2n) is 4.07. The summed E-state index contributed by atoms with van der Waals surface area (Å²) in [6.45, 7) is 9.87. The SMILES string of the molecule is CC.CC1C(=O)CC(=O)CC1(C)C. The van der Waals surface area contributed by atoms with Crippen LogP contribution in [0.15, 0.2) is 0 Å². The van der Waals surface area contributed by atoms with E-state index in [4.69, 9.17) is 0 Å². The Kier molecular flexibility index (Phi) is 4.31. The summed E-state index contributed by atoms with van der Waals surface area (Å²) in [5, 5.41) is 0. The van der Waals surface area contributed by atoms with Crippen LogP contribution >= 0.6 is 0 Å². The Morgan fingerprint density at radius 1 is 1.23 bits per heavy atom. The standard InChI is InChI=1S/C9H14O2.C2H6/c1-6-8(11)4-7(10)5-9(6,2)3;1-2/h6H,4-5H2,1-3H3;1-2H3. The summed E-state index contributed by atoms with van der Waals surface area (Å²) in [5.74, 6) is 0.240. The summed E-state index contributed by atoms with van der Waals surface area (Å²) < 4.78 is 0. The van der Waals surface area contributed by atoms with Crippen LogP contribution < -0.4 is 0 Å². The Morgan fingerprint density at radius 2 is 1.69 bits per heavy atom. The van der Waals surface area contributed by atoms with Gasteiger partial charge < -0.3 is 0 Å². The minimum atomic E-state index is -0.119. The van der Waals surface area contributed by atoms with Gasteiger partial charge in [0.2, 0.25) is 0 Å². The summed E-state index contributed by atoms with van der Waals surface area (Å²) in [6.07, 6.45) is 0.713. The molecule has 0 spiro atoms. The molecule has 1 fully saturated rings. The lowest BCUT2D eigenvalue weighted by Crippen LogP contribution is -2.37. The number of Topliss-reactive ketones (excluding diaryl/α,β-unsaturated/α-hetero) is 2. The van der Waals surface area contributed by atoms with Gasteiger partial charge in [-0.2, -0.15) is 0 Å². The van der Waals surface area contributed by atoms with Crippen molar-refractivity contribution in [3.63, 3.8) is 0 Å². The molecule has 0 aromatic rings. The molecule has 0 heterocycles. The van der Waals surface area contributed by atoms with Gasteiger partial charge in [-0.1, -0.05) is 34.6 Å². The van der Waals surface area contributed by atoms with E-state index in [1.165, 1.54) is 0 Å². The first-order chi connectivity index (χ1) is 5.93. The smallest absolute Gasteiger partial charge is 0.143 e. The Morgan fingerprint density at radius 3 is 2.08 bits per heavy atom. The van der Waals surface area contributed by atoms with Gasteiger partial charge in [0.05, 0.1) is 6.42 Å². The molecule has 0 aromatic carbocycles. The Hall–Kier alpha value is -0.660. The van der Waals surface area contributed by atoms with Crippen molar-refractivity contribution in [1.29, 1.82) is 0 Å². The van der Waals surface area contributed by atoms with Crippen molar-refractivity contribution in [3.8, 4) is 0 Å². The molecule has 0 aliphatic heterocycles. The van der Waals surface area contributed by atoms with Crippen molar-refractivity contribution in [2.45, 2.75) is 47.5 Å². The molecule has 76 valence electrons. The molecule has 1 aliphatic carbocycles. The second-order valence-corrected chi connectivity index (χ2v) is 4.07. The van der Waals surface area contributed by atoms with Crippen LogP contribution in [0.5, 0.6) is 0 Å². The first-order valence-electron chi connectivity index (χ1n) is 4.98. The molecule has 0 amide bonds. The van der Waals surface area contributed by atoms with Gasteiger partial charge in [0.25, 0.3) is 0 Å². The van der Waals surface area contributed by atoms with Crippen molar-refractivity contribution in [1.82, 2.24) is 0 Å². The Labute approximate surface area is 80.7 Å². The van der Waals surface area contributed by atoms with Crippen LogP contribution in [-0.2, 0) is 9.59 Å². The van der Waals surface area contributed by atoms with E-state index in [1.807, 2.05) is 34.6 Å². The number of carbonyl (C=O) groups is 2. The fraction of sp³-hybridized carbons (Fsp3) is 0.818. The highest BCUT2D eigenvalue weighted by molar-refractivity contribution is 6.03. The van der Waals surface area contributed by atoms with Gasteiger partial charge in [0.15, 0.2) is 0 Å². The maximum atomic E-state index is 11.2. The largest absolute Gasteiger partial charge is 0.299 e. The molecule has 1 unspecified atom stereocenters. The van der Waals surface area contributed by atoms with E-state index in [0.29, 0.717) is 6.42 Å². The van der Waals surface area contributed by atoms with E-state index in [9.17, 15) is 9.59 Å². The minimum absolute atomic E-state index is 0.0419. The number of hydrogen-bond donors (Lipinski definition) is 0. The summed E-state index contributed by atoms with van der Waals surface area (Å²) in [4.78, 5) is 22.2. The van der Waals surface area contributed by atoms with E-state index in [2.05, 4.69) is 0 Å². The van der Waals surface area contributed by atoms with Crippen LogP contribution in [0.4, 0.5) is 0 Å². The average Bonchev–Trinajstić information content (AvgIpc) is 2.03. The van der Waals surface area contributed by atoms with Crippen LogP contribution in [0.2, 0.25) is 0 Å². The van der Waals surface area contributed by atoms with Gasteiger partial charge in [0, 0.05) is 12.3 Å². The molecule has 1 saturated carbocycles. The highest BCUT2D eigenvalue weighted by Gasteiger charge is 2.38. The van der Waals surface area contributed by atoms with Gasteiger partial charge in [-0.3, -0.25) is 9.59 Å². The quantitative estimate of drug-likeness (QED) is 0.542. The number of rotatable bonds is 0. The summed E-state index contributed by atoms with van der Waals surface area (Å²) >= 11 is 0. The second kappa shape index (κ2) is 4.54. The lowest BCUT2D eigenvalue weighted by molar-refractivity contribution is -0.137. The average molecular weight is 184 g/mol. The number of ketones is 2. The summed E-state index contributed by atoms with van der Waals surface area (Å²) in [7, 11) is 0. The third-order valence-corrected chi connectivity index (χ3v) is 2.68. The first kappa shape index (κ1) is 12.3. The fourth-order valence-corrected chi connectivity index (χ4v) is 1.51. The molecule has 1 aliphatic rings. The molecule has 2 nitrogen and oxygen atoms in total. The van der Waals surface area contributed by atoms with Crippen LogP contribution in [0.25, 0.3) is 0 Å². The van der Waals surface area contributed by atoms with Gasteiger partial charge in [-0.05, 0) is 5.41 Å². The third-order valence-electron chi connectivity index (χ3n) is 2.68. The number of hydrogen-bond acceptors (Lipinski definition) is 2. The molecule has 0 radical (unpaired) electrons. The van der Waals surface area contributed by atoms with Gasteiger partial charge in [-0.15, -0.1) is 0 Å². The zero-order valence-electron chi connectivity index (χ0n) is 9.31. The molecule has 0 aromatic heterocycles. The molecule has 1 rings (SSSR count).